The van der Waals surface area contributed by atoms with E-state index in [-0.39, 0.29) is 12.1 Å². The van der Waals surface area contributed by atoms with Crippen LogP contribution in [0.25, 0.3) is 16.9 Å². The highest BCUT2D eigenvalue weighted by atomic mass is 19.3. The number of halogens is 3. The topological polar surface area (TPSA) is 59.5 Å². The average molecular weight is 423 g/mol. The highest BCUT2D eigenvalue weighted by molar-refractivity contribution is 5.67. The number of fused-ring (bicyclic) bond motifs is 1. The number of aromatic nitrogens is 3. The molecular formula is C23H20F3N5. The molecule has 0 bridgehead atoms. The largest absolute Gasteiger partial charge is 0.399 e. The zero-order chi connectivity index (χ0) is 21.8. The molecule has 5 nitrogen and oxygen atoms in total. The summed E-state index contributed by atoms with van der Waals surface area (Å²) < 4.78 is 45.8. The number of hydrogen-bond acceptors (Lipinski definition) is 4. The molecule has 0 aliphatic carbocycles. The maximum Gasteiger partial charge on any atom is 0.276 e. The van der Waals surface area contributed by atoms with Crippen molar-refractivity contribution in [3.05, 3.63) is 78.2 Å². The second-order valence-electron chi connectivity index (χ2n) is 7.92. The molecule has 5 rings (SSSR count). The summed E-state index contributed by atoms with van der Waals surface area (Å²) in [6.07, 6.45) is 1.67. The van der Waals surface area contributed by atoms with Crippen LogP contribution in [0.2, 0.25) is 0 Å². The Balaban J connectivity index is 1.63. The van der Waals surface area contributed by atoms with Gasteiger partial charge < -0.3 is 10.6 Å². The minimum Gasteiger partial charge on any atom is -0.399 e. The average Bonchev–Trinajstić information content (AvgIpc) is 3.26. The molecule has 1 aliphatic rings. The second kappa shape index (κ2) is 7.01. The van der Waals surface area contributed by atoms with E-state index in [9.17, 15) is 4.39 Å². The number of alkyl halides is 2. The third kappa shape index (κ3) is 3.19. The first-order valence-corrected chi connectivity index (χ1v) is 9.95. The number of nitrogens with two attached hydrogens (primary N) is 1. The fraction of sp³-hybridized carbons (Fsp3) is 0.217. The molecule has 2 atom stereocenters. The summed E-state index contributed by atoms with van der Waals surface area (Å²) in [5.74, 6) is -4.14. The van der Waals surface area contributed by atoms with Gasteiger partial charge in [-0.15, -0.1) is 5.10 Å². The summed E-state index contributed by atoms with van der Waals surface area (Å²) in [4.78, 5) is 5.91. The lowest BCUT2D eigenvalue weighted by Crippen LogP contribution is -2.33. The molecule has 1 aliphatic heterocycles. The number of hydrogen-bond donors (Lipinski definition) is 1. The van der Waals surface area contributed by atoms with Crippen molar-refractivity contribution in [3.8, 4) is 11.3 Å². The molecule has 2 N–H and O–H groups in total. The van der Waals surface area contributed by atoms with Crippen molar-refractivity contribution in [3.63, 3.8) is 0 Å². The second-order valence-corrected chi connectivity index (χ2v) is 7.92. The van der Waals surface area contributed by atoms with Crippen LogP contribution in [0.15, 0.2) is 66.9 Å². The number of imidazole rings is 1. The van der Waals surface area contributed by atoms with Crippen LogP contribution in [0.1, 0.15) is 18.5 Å². The van der Waals surface area contributed by atoms with E-state index in [1.807, 2.05) is 12.1 Å². The Morgan fingerprint density at radius 3 is 2.65 bits per heavy atom. The SMILES string of the molecule is C[C@H]1CN(c2ccc3ncc(-c4cccc(N)c4)n3n2)[C@H](c2cccc(F)c2)C1(F)F. The number of nitrogens with zero attached hydrogens (tertiary/aromatic N) is 4. The molecule has 1 fully saturated rings. The zero-order valence-electron chi connectivity index (χ0n) is 16.7. The molecule has 0 amide bonds. The van der Waals surface area contributed by atoms with Crippen molar-refractivity contribution >= 4 is 17.2 Å². The highest BCUT2D eigenvalue weighted by Crippen LogP contribution is 2.49. The van der Waals surface area contributed by atoms with E-state index >= 15 is 8.78 Å². The molecule has 158 valence electrons. The third-order valence-electron chi connectivity index (χ3n) is 5.79. The van der Waals surface area contributed by atoms with Gasteiger partial charge in [0.1, 0.15) is 17.7 Å². The normalized spacial score (nSPS) is 20.5. The van der Waals surface area contributed by atoms with Crippen LogP contribution in [0.5, 0.6) is 0 Å². The van der Waals surface area contributed by atoms with Crippen molar-refractivity contribution in [1.82, 2.24) is 14.6 Å². The Kier molecular flexibility index (Phi) is 4.39. The standard InChI is InChI=1S/C23H20F3N5/c1-14-13-30(22(23(14,25)26)16-5-2-6-17(24)10-16)21-9-8-20-28-12-19(31(20)29-21)15-4-3-7-18(27)11-15/h2-12,14,22H,13,27H2,1H3/t14-,22+/m0/s1. The van der Waals surface area contributed by atoms with E-state index in [4.69, 9.17) is 5.73 Å². The quantitative estimate of drug-likeness (QED) is 0.474. The van der Waals surface area contributed by atoms with Gasteiger partial charge in [-0.05, 0) is 42.0 Å². The Hall–Kier alpha value is -3.55. The van der Waals surface area contributed by atoms with Crippen molar-refractivity contribution in [2.75, 3.05) is 17.2 Å². The van der Waals surface area contributed by atoms with Crippen LogP contribution in [0, 0.1) is 11.7 Å². The molecule has 0 saturated carbocycles. The lowest BCUT2D eigenvalue weighted by Gasteiger charge is -2.29. The van der Waals surface area contributed by atoms with Gasteiger partial charge in [0.15, 0.2) is 5.65 Å². The molecule has 4 aromatic rings. The fourth-order valence-corrected chi connectivity index (χ4v) is 4.22. The number of benzene rings is 2. The smallest absolute Gasteiger partial charge is 0.276 e. The summed E-state index contributed by atoms with van der Waals surface area (Å²) in [6.45, 7) is 1.59. The van der Waals surface area contributed by atoms with Gasteiger partial charge in [0, 0.05) is 23.7 Å². The third-order valence-corrected chi connectivity index (χ3v) is 5.79. The molecule has 31 heavy (non-hydrogen) atoms. The first-order chi connectivity index (χ1) is 14.8. The van der Waals surface area contributed by atoms with Crippen molar-refractivity contribution in [1.29, 1.82) is 0 Å². The molecule has 0 unspecified atom stereocenters. The van der Waals surface area contributed by atoms with Gasteiger partial charge in [-0.25, -0.2) is 22.7 Å². The Bertz CT molecular complexity index is 1270. The molecule has 8 heteroatoms. The predicted molar refractivity (Wildman–Crippen MR) is 113 cm³/mol. The molecule has 3 heterocycles. The Labute approximate surface area is 176 Å². The molecule has 2 aromatic heterocycles. The van der Waals surface area contributed by atoms with Crippen LogP contribution < -0.4 is 10.6 Å². The van der Waals surface area contributed by atoms with Crippen LogP contribution in [-0.4, -0.2) is 27.1 Å². The van der Waals surface area contributed by atoms with Gasteiger partial charge in [0.05, 0.1) is 11.9 Å². The summed E-state index contributed by atoms with van der Waals surface area (Å²) in [6, 6.07) is 14.8. The first kappa shape index (κ1) is 19.4. The summed E-state index contributed by atoms with van der Waals surface area (Å²) >= 11 is 0. The maximum atomic E-state index is 15.2. The number of anilines is 2. The van der Waals surface area contributed by atoms with Crippen LogP contribution in [0.4, 0.5) is 24.7 Å². The van der Waals surface area contributed by atoms with Crippen molar-refractivity contribution in [2.24, 2.45) is 5.92 Å². The Morgan fingerprint density at radius 1 is 1.06 bits per heavy atom. The maximum absolute atomic E-state index is 15.2. The minimum atomic E-state index is -3.05. The number of nitrogen functional groups attached to an aromatic ring is 1. The van der Waals surface area contributed by atoms with E-state index in [0.717, 1.165) is 11.6 Å². The van der Waals surface area contributed by atoms with Gasteiger partial charge >= 0.3 is 0 Å². The molecule has 0 spiro atoms. The van der Waals surface area contributed by atoms with Gasteiger partial charge in [-0.2, -0.15) is 0 Å². The van der Waals surface area contributed by atoms with Crippen molar-refractivity contribution in [2.45, 2.75) is 18.9 Å². The fourth-order valence-electron chi connectivity index (χ4n) is 4.22. The van der Waals surface area contributed by atoms with Crippen LogP contribution in [-0.2, 0) is 0 Å². The number of rotatable bonds is 3. The summed E-state index contributed by atoms with van der Waals surface area (Å²) in [5.41, 5.74) is 8.83. The predicted octanol–water partition coefficient (Wildman–Crippen LogP) is 4.95. The molecule has 2 aromatic carbocycles. The lowest BCUT2D eigenvalue weighted by molar-refractivity contribution is -0.0438. The van der Waals surface area contributed by atoms with Crippen molar-refractivity contribution < 1.29 is 13.2 Å². The van der Waals surface area contributed by atoms with E-state index in [1.54, 1.807) is 39.9 Å². The minimum absolute atomic E-state index is 0.0923. The lowest BCUT2D eigenvalue weighted by atomic mass is 9.96. The van der Waals surface area contributed by atoms with E-state index in [1.165, 1.54) is 25.1 Å². The Morgan fingerprint density at radius 2 is 1.87 bits per heavy atom. The summed E-state index contributed by atoms with van der Waals surface area (Å²) in [5, 5.41) is 4.63. The first-order valence-electron chi connectivity index (χ1n) is 9.95. The van der Waals surface area contributed by atoms with Gasteiger partial charge in [0.25, 0.3) is 5.92 Å². The zero-order valence-corrected chi connectivity index (χ0v) is 16.7. The summed E-state index contributed by atoms with van der Waals surface area (Å²) in [7, 11) is 0. The van der Waals surface area contributed by atoms with Gasteiger partial charge in [0.2, 0.25) is 0 Å². The van der Waals surface area contributed by atoms with Gasteiger partial charge in [-0.1, -0.05) is 31.2 Å². The van der Waals surface area contributed by atoms with Gasteiger partial charge in [-0.3, -0.25) is 0 Å². The highest BCUT2D eigenvalue weighted by Gasteiger charge is 2.55. The molecular weight excluding hydrogens is 403 g/mol. The van der Waals surface area contributed by atoms with E-state index < -0.39 is 23.7 Å². The van der Waals surface area contributed by atoms with E-state index in [2.05, 4.69) is 10.1 Å². The van der Waals surface area contributed by atoms with Crippen LogP contribution >= 0.6 is 0 Å². The molecule has 1 saturated heterocycles. The molecule has 0 radical (unpaired) electrons. The van der Waals surface area contributed by atoms with E-state index in [0.29, 0.717) is 22.8 Å². The van der Waals surface area contributed by atoms with Crippen LogP contribution in [0.3, 0.4) is 0 Å². The monoisotopic (exact) mass is 423 g/mol.